The summed E-state index contributed by atoms with van der Waals surface area (Å²) in [4.78, 5) is -0.661. The summed E-state index contributed by atoms with van der Waals surface area (Å²) in [7, 11) is -3.99. The van der Waals surface area contributed by atoms with E-state index < -0.39 is 26.6 Å². The molecule has 0 radical (unpaired) electrons. The van der Waals surface area contributed by atoms with Crippen molar-refractivity contribution in [3.8, 4) is 0 Å². The SMILES string of the molecule is CCNCCCNS(=O)(=O)c1cc(F)ccc1F. The number of halogens is 2. The van der Waals surface area contributed by atoms with E-state index in [0.29, 0.717) is 19.0 Å². The van der Waals surface area contributed by atoms with E-state index in [4.69, 9.17) is 0 Å². The Kier molecular flexibility index (Phi) is 5.64. The molecule has 1 aromatic rings. The van der Waals surface area contributed by atoms with Gasteiger partial charge in [0, 0.05) is 6.54 Å². The molecule has 0 amide bonds. The van der Waals surface area contributed by atoms with Gasteiger partial charge in [0.25, 0.3) is 0 Å². The second-order valence-corrected chi connectivity index (χ2v) is 5.42. The molecule has 7 heteroatoms. The van der Waals surface area contributed by atoms with Gasteiger partial charge < -0.3 is 5.32 Å². The van der Waals surface area contributed by atoms with Crippen molar-refractivity contribution in [1.29, 1.82) is 0 Å². The summed E-state index contributed by atoms with van der Waals surface area (Å²) < 4.78 is 51.8. The first-order valence-corrected chi connectivity index (χ1v) is 7.11. The van der Waals surface area contributed by atoms with Gasteiger partial charge in [-0.2, -0.15) is 0 Å². The molecule has 0 aliphatic carbocycles. The van der Waals surface area contributed by atoms with Crippen molar-refractivity contribution in [1.82, 2.24) is 10.0 Å². The highest BCUT2D eigenvalue weighted by atomic mass is 32.2. The normalized spacial score (nSPS) is 11.7. The van der Waals surface area contributed by atoms with Crippen LogP contribution in [0, 0.1) is 11.6 Å². The Hall–Kier alpha value is -1.05. The van der Waals surface area contributed by atoms with Gasteiger partial charge in [-0.25, -0.2) is 21.9 Å². The largest absolute Gasteiger partial charge is 0.317 e. The minimum atomic E-state index is -3.99. The van der Waals surface area contributed by atoms with Crippen LogP contribution < -0.4 is 10.0 Å². The Morgan fingerprint density at radius 2 is 1.94 bits per heavy atom. The number of nitrogens with one attached hydrogen (secondary N) is 2. The van der Waals surface area contributed by atoms with E-state index in [1.54, 1.807) is 0 Å². The molecule has 0 atom stereocenters. The summed E-state index contributed by atoms with van der Waals surface area (Å²) in [6.07, 6.45) is 0.573. The van der Waals surface area contributed by atoms with Crippen LogP contribution in [0.5, 0.6) is 0 Å². The minimum absolute atomic E-state index is 0.172. The van der Waals surface area contributed by atoms with Gasteiger partial charge in [-0.3, -0.25) is 0 Å². The van der Waals surface area contributed by atoms with Crippen LogP contribution in [0.15, 0.2) is 23.1 Å². The number of sulfonamides is 1. The number of hydrogen-bond acceptors (Lipinski definition) is 3. The van der Waals surface area contributed by atoms with Crippen molar-refractivity contribution in [2.45, 2.75) is 18.2 Å². The first-order valence-electron chi connectivity index (χ1n) is 5.63. The van der Waals surface area contributed by atoms with Crippen LogP contribution in [0.3, 0.4) is 0 Å². The third-order valence-corrected chi connectivity index (χ3v) is 3.73. The van der Waals surface area contributed by atoms with Crippen molar-refractivity contribution in [2.75, 3.05) is 19.6 Å². The molecule has 1 rings (SSSR count). The highest BCUT2D eigenvalue weighted by Crippen LogP contribution is 2.15. The lowest BCUT2D eigenvalue weighted by Crippen LogP contribution is -2.28. The fourth-order valence-corrected chi connectivity index (χ4v) is 2.52. The van der Waals surface area contributed by atoms with E-state index in [-0.39, 0.29) is 6.54 Å². The van der Waals surface area contributed by atoms with Crippen LogP contribution in [0.25, 0.3) is 0 Å². The molecule has 0 aliphatic rings. The van der Waals surface area contributed by atoms with E-state index in [1.807, 2.05) is 6.92 Å². The smallest absolute Gasteiger partial charge is 0.243 e. The van der Waals surface area contributed by atoms with Crippen LogP contribution in [-0.4, -0.2) is 28.1 Å². The zero-order valence-electron chi connectivity index (χ0n) is 10.0. The number of benzene rings is 1. The molecule has 0 fully saturated rings. The molecule has 0 aromatic heterocycles. The lowest BCUT2D eigenvalue weighted by Gasteiger charge is -2.07. The third kappa shape index (κ3) is 4.32. The van der Waals surface area contributed by atoms with Crippen LogP contribution in [0.1, 0.15) is 13.3 Å². The molecule has 102 valence electrons. The van der Waals surface area contributed by atoms with Gasteiger partial charge in [0.1, 0.15) is 16.5 Å². The number of hydrogen-bond donors (Lipinski definition) is 2. The summed E-state index contributed by atoms with van der Waals surface area (Å²) in [5.41, 5.74) is 0. The van der Waals surface area contributed by atoms with Crippen LogP contribution >= 0.6 is 0 Å². The number of rotatable bonds is 7. The predicted molar refractivity (Wildman–Crippen MR) is 64.7 cm³/mol. The molecule has 1 aromatic carbocycles. The van der Waals surface area contributed by atoms with Crippen LogP contribution in [0.2, 0.25) is 0 Å². The van der Waals surface area contributed by atoms with E-state index in [1.165, 1.54) is 0 Å². The fourth-order valence-electron chi connectivity index (χ4n) is 1.36. The topological polar surface area (TPSA) is 58.2 Å². The van der Waals surface area contributed by atoms with Crippen molar-refractivity contribution in [3.63, 3.8) is 0 Å². The zero-order chi connectivity index (χ0) is 13.6. The van der Waals surface area contributed by atoms with E-state index >= 15 is 0 Å². The highest BCUT2D eigenvalue weighted by Gasteiger charge is 2.19. The van der Waals surface area contributed by atoms with Gasteiger partial charge in [-0.05, 0) is 37.7 Å². The van der Waals surface area contributed by atoms with Crippen molar-refractivity contribution in [3.05, 3.63) is 29.8 Å². The average molecular weight is 278 g/mol. The molecule has 18 heavy (non-hydrogen) atoms. The van der Waals surface area contributed by atoms with Gasteiger partial charge in [0.2, 0.25) is 10.0 Å². The van der Waals surface area contributed by atoms with Crippen LogP contribution in [0.4, 0.5) is 8.78 Å². The Morgan fingerprint density at radius 1 is 1.22 bits per heavy atom. The molecule has 0 saturated heterocycles. The van der Waals surface area contributed by atoms with Crippen molar-refractivity contribution >= 4 is 10.0 Å². The molecular formula is C11H16F2N2O2S. The van der Waals surface area contributed by atoms with E-state index in [0.717, 1.165) is 18.7 Å². The first-order chi connectivity index (χ1) is 8.47. The standard InChI is InChI=1S/C11H16F2N2O2S/c1-2-14-6-3-7-15-18(16,17)11-8-9(12)4-5-10(11)13/h4-5,8,14-15H,2-3,6-7H2,1H3. The lowest BCUT2D eigenvalue weighted by molar-refractivity contribution is 0.543. The zero-order valence-corrected chi connectivity index (χ0v) is 10.9. The summed E-state index contributed by atoms with van der Waals surface area (Å²) in [6.45, 7) is 3.56. The summed E-state index contributed by atoms with van der Waals surface area (Å²) in [5.74, 6) is -1.75. The fraction of sp³-hybridized carbons (Fsp3) is 0.455. The minimum Gasteiger partial charge on any atom is -0.317 e. The molecule has 0 saturated carbocycles. The Labute approximate surface area is 105 Å². The maximum atomic E-state index is 13.3. The molecule has 0 heterocycles. The molecule has 2 N–H and O–H groups in total. The molecule has 0 spiro atoms. The molecule has 0 unspecified atom stereocenters. The summed E-state index contributed by atoms with van der Waals surface area (Å²) in [6, 6.07) is 2.34. The summed E-state index contributed by atoms with van der Waals surface area (Å²) >= 11 is 0. The van der Waals surface area contributed by atoms with Gasteiger partial charge in [-0.15, -0.1) is 0 Å². The van der Waals surface area contributed by atoms with E-state index in [9.17, 15) is 17.2 Å². The first kappa shape index (κ1) is 15.0. The quantitative estimate of drug-likeness (QED) is 0.738. The third-order valence-electron chi connectivity index (χ3n) is 2.26. The second kappa shape index (κ2) is 6.77. The summed E-state index contributed by atoms with van der Waals surface area (Å²) in [5, 5.41) is 3.03. The second-order valence-electron chi connectivity index (χ2n) is 3.68. The van der Waals surface area contributed by atoms with E-state index in [2.05, 4.69) is 10.0 Å². The van der Waals surface area contributed by atoms with Gasteiger partial charge in [-0.1, -0.05) is 6.92 Å². The van der Waals surface area contributed by atoms with Crippen LogP contribution in [-0.2, 0) is 10.0 Å². The highest BCUT2D eigenvalue weighted by molar-refractivity contribution is 7.89. The molecule has 4 nitrogen and oxygen atoms in total. The molecule has 0 bridgehead atoms. The van der Waals surface area contributed by atoms with Crippen molar-refractivity contribution < 1.29 is 17.2 Å². The Balaban J connectivity index is 2.66. The lowest BCUT2D eigenvalue weighted by atomic mass is 10.3. The van der Waals surface area contributed by atoms with Gasteiger partial charge in [0.15, 0.2) is 0 Å². The monoisotopic (exact) mass is 278 g/mol. The Bertz CT molecular complexity index is 492. The molecular weight excluding hydrogens is 262 g/mol. The average Bonchev–Trinajstić information content (AvgIpc) is 2.32. The van der Waals surface area contributed by atoms with Gasteiger partial charge >= 0.3 is 0 Å². The van der Waals surface area contributed by atoms with Gasteiger partial charge in [0.05, 0.1) is 0 Å². The maximum absolute atomic E-state index is 13.3. The Morgan fingerprint density at radius 3 is 2.61 bits per heavy atom. The van der Waals surface area contributed by atoms with Crippen molar-refractivity contribution in [2.24, 2.45) is 0 Å². The maximum Gasteiger partial charge on any atom is 0.243 e. The molecule has 0 aliphatic heterocycles. The predicted octanol–water partition coefficient (Wildman–Crippen LogP) is 1.24.